The van der Waals surface area contributed by atoms with Gasteiger partial charge in [0.25, 0.3) is 0 Å². The van der Waals surface area contributed by atoms with Crippen LogP contribution in [-0.2, 0) is 17.8 Å². The molecular weight excluding hydrogens is 392 g/mol. The highest BCUT2D eigenvalue weighted by atomic mass is 16.2. The van der Waals surface area contributed by atoms with E-state index in [2.05, 4.69) is 103 Å². The lowest BCUT2D eigenvalue weighted by Gasteiger charge is -2.23. The van der Waals surface area contributed by atoms with Crippen molar-refractivity contribution >= 4 is 16.8 Å². The third kappa shape index (κ3) is 4.94. The summed E-state index contributed by atoms with van der Waals surface area (Å²) < 4.78 is 2.33. The van der Waals surface area contributed by atoms with E-state index in [0.717, 1.165) is 26.1 Å². The summed E-state index contributed by atoms with van der Waals surface area (Å²) in [5, 5.41) is 1.25. The van der Waals surface area contributed by atoms with E-state index in [4.69, 9.17) is 0 Å². The average molecular weight is 425 g/mol. The maximum atomic E-state index is 13.1. The van der Waals surface area contributed by atoms with Crippen LogP contribution < -0.4 is 0 Å². The van der Waals surface area contributed by atoms with Crippen molar-refractivity contribution in [3.05, 3.63) is 108 Å². The fourth-order valence-corrected chi connectivity index (χ4v) is 4.62. The van der Waals surface area contributed by atoms with E-state index in [9.17, 15) is 4.79 Å². The number of para-hydroxylation sites is 1. The number of amides is 1. The summed E-state index contributed by atoms with van der Waals surface area (Å²) in [5.74, 6) is 0.364. The van der Waals surface area contributed by atoms with Crippen LogP contribution >= 0.6 is 0 Å². The number of carbonyl (C=O) groups is 1. The minimum absolute atomic E-state index is 0.132. The van der Waals surface area contributed by atoms with Gasteiger partial charge in [-0.1, -0.05) is 78.9 Å². The van der Waals surface area contributed by atoms with Gasteiger partial charge in [-0.15, -0.1) is 0 Å². The van der Waals surface area contributed by atoms with Crippen molar-refractivity contribution in [2.24, 2.45) is 0 Å². The Labute approximate surface area is 191 Å². The first-order valence-electron chi connectivity index (χ1n) is 11.6. The zero-order chi connectivity index (χ0) is 22.3. The number of fused-ring (bicyclic) bond motifs is 1. The molecule has 0 N–H and O–H groups in total. The molecule has 0 fully saturated rings. The second kappa shape index (κ2) is 10.3. The molecule has 1 amide bonds. The molecule has 0 bridgehead atoms. The Morgan fingerprint density at radius 1 is 0.812 bits per heavy atom. The lowest BCUT2D eigenvalue weighted by atomic mass is 9.88. The van der Waals surface area contributed by atoms with Crippen LogP contribution in [-0.4, -0.2) is 28.5 Å². The van der Waals surface area contributed by atoms with Crippen molar-refractivity contribution in [2.75, 3.05) is 13.1 Å². The third-order valence-corrected chi connectivity index (χ3v) is 6.32. The number of hydrogen-bond donors (Lipinski definition) is 0. The molecule has 0 aliphatic heterocycles. The summed E-state index contributed by atoms with van der Waals surface area (Å²) >= 11 is 0. The maximum Gasteiger partial charge on any atom is 0.223 e. The predicted molar refractivity (Wildman–Crippen MR) is 133 cm³/mol. The second-order valence-electron chi connectivity index (χ2n) is 8.37. The molecule has 4 rings (SSSR count). The van der Waals surface area contributed by atoms with E-state index >= 15 is 0 Å². The topological polar surface area (TPSA) is 25.2 Å². The van der Waals surface area contributed by atoms with Gasteiger partial charge in [-0.2, -0.15) is 0 Å². The molecule has 0 spiro atoms. The summed E-state index contributed by atoms with van der Waals surface area (Å²) in [6, 6.07) is 29.7. The smallest absolute Gasteiger partial charge is 0.223 e. The van der Waals surface area contributed by atoms with Crippen molar-refractivity contribution in [1.29, 1.82) is 0 Å². The summed E-state index contributed by atoms with van der Waals surface area (Å²) in [5.41, 5.74) is 5.03. The Kier molecular flexibility index (Phi) is 7.06. The van der Waals surface area contributed by atoms with Crippen molar-refractivity contribution < 1.29 is 4.79 Å². The predicted octanol–water partition coefficient (Wildman–Crippen LogP) is 6.27. The fraction of sp³-hybridized carbons (Fsp3) is 0.276. The standard InChI is InChI=1S/C29H32N2O/c1-3-30(4-2)29(32)20-25(19-23-13-7-5-8-14-23)27-22-31(21-24-15-9-6-10-16-24)28-18-12-11-17-26(27)28/h5-18,22,25H,3-4,19-21H2,1-2H3. The van der Waals surface area contributed by atoms with Crippen LogP contribution in [0.25, 0.3) is 10.9 Å². The quantitative estimate of drug-likeness (QED) is 0.311. The molecule has 0 saturated heterocycles. The van der Waals surface area contributed by atoms with Crippen LogP contribution in [0.2, 0.25) is 0 Å². The highest BCUT2D eigenvalue weighted by molar-refractivity contribution is 5.86. The van der Waals surface area contributed by atoms with Gasteiger partial charge >= 0.3 is 0 Å². The molecule has 3 nitrogen and oxygen atoms in total. The number of rotatable bonds is 9. The van der Waals surface area contributed by atoms with Crippen LogP contribution in [0.5, 0.6) is 0 Å². The molecule has 0 aliphatic rings. The van der Waals surface area contributed by atoms with Gasteiger partial charge in [0.05, 0.1) is 0 Å². The van der Waals surface area contributed by atoms with Crippen LogP contribution in [0.4, 0.5) is 0 Å². The maximum absolute atomic E-state index is 13.1. The van der Waals surface area contributed by atoms with E-state index in [0.29, 0.717) is 6.42 Å². The molecule has 4 aromatic rings. The number of hydrogen-bond acceptors (Lipinski definition) is 1. The molecule has 3 aromatic carbocycles. The van der Waals surface area contributed by atoms with Gasteiger partial charge in [-0.3, -0.25) is 4.79 Å². The van der Waals surface area contributed by atoms with E-state index in [1.54, 1.807) is 0 Å². The summed E-state index contributed by atoms with van der Waals surface area (Å²) in [6.07, 6.45) is 3.66. The molecule has 1 aromatic heterocycles. The van der Waals surface area contributed by atoms with Gasteiger partial charge < -0.3 is 9.47 Å². The first-order chi connectivity index (χ1) is 15.7. The molecule has 164 valence electrons. The summed E-state index contributed by atoms with van der Waals surface area (Å²) in [4.78, 5) is 15.1. The normalized spacial score (nSPS) is 12.1. The molecule has 1 atom stereocenters. The Hall–Kier alpha value is -3.33. The molecule has 1 heterocycles. The zero-order valence-electron chi connectivity index (χ0n) is 19.1. The van der Waals surface area contributed by atoms with Crippen molar-refractivity contribution in [3.8, 4) is 0 Å². The molecule has 32 heavy (non-hydrogen) atoms. The van der Waals surface area contributed by atoms with E-state index < -0.39 is 0 Å². The van der Waals surface area contributed by atoms with Crippen molar-refractivity contribution in [1.82, 2.24) is 9.47 Å². The Morgan fingerprint density at radius 3 is 2.06 bits per heavy atom. The van der Waals surface area contributed by atoms with Gasteiger partial charge in [0.2, 0.25) is 5.91 Å². The Bertz CT molecular complexity index is 1140. The van der Waals surface area contributed by atoms with Crippen molar-refractivity contribution in [3.63, 3.8) is 0 Å². The van der Waals surface area contributed by atoms with Crippen LogP contribution in [0.1, 0.15) is 42.9 Å². The Morgan fingerprint density at radius 2 is 1.41 bits per heavy atom. The van der Waals surface area contributed by atoms with Gasteiger partial charge in [-0.05, 0) is 48.9 Å². The minimum Gasteiger partial charge on any atom is -0.343 e. The highest BCUT2D eigenvalue weighted by Gasteiger charge is 2.23. The molecular formula is C29H32N2O. The number of nitrogens with zero attached hydrogens (tertiary/aromatic N) is 2. The van der Waals surface area contributed by atoms with Gasteiger partial charge in [-0.25, -0.2) is 0 Å². The first kappa shape index (κ1) is 21.9. The van der Waals surface area contributed by atoms with Crippen LogP contribution in [0.3, 0.4) is 0 Å². The average Bonchev–Trinajstić information content (AvgIpc) is 3.19. The monoisotopic (exact) mass is 424 g/mol. The third-order valence-electron chi connectivity index (χ3n) is 6.32. The van der Waals surface area contributed by atoms with Crippen LogP contribution in [0, 0.1) is 0 Å². The Balaban J connectivity index is 1.74. The highest BCUT2D eigenvalue weighted by Crippen LogP contribution is 2.33. The number of benzene rings is 3. The first-order valence-corrected chi connectivity index (χ1v) is 11.6. The lowest BCUT2D eigenvalue weighted by Crippen LogP contribution is -2.31. The summed E-state index contributed by atoms with van der Waals surface area (Å²) in [7, 11) is 0. The molecule has 0 radical (unpaired) electrons. The molecule has 0 saturated carbocycles. The summed E-state index contributed by atoms with van der Waals surface area (Å²) in [6.45, 7) is 6.44. The largest absolute Gasteiger partial charge is 0.343 e. The van der Waals surface area contributed by atoms with E-state index in [1.807, 2.05) is 11.0 Å². The van der Waals surface area contributed by atoms with Gasteiger partial charge in [0.1, 0.15) is 0 Å². The van der Waals surface area contributed by atoms with E-state index in [1.165, 1.54) is 27.6 Å². The van der Waals surface area contributed by atoms with E-state index in [-0.39, 0.29) is 11.8 Å². The van der Waals surface area contributed by atoms with Gasteiger partial charge in [0.15, 0.2) is 0 Å². The van der Waals surface area contributed by atoms with Crippen LogP contribution in [0.15, 0.2) is 91.1 Å². The molecule has 1 unspecified atom stereocenters. The number of carbonyl (C=O) groups excluding carboxylic acids is 1. The zero-order valence-corrected chi connectivity index (χ0v) is 19.1. The molecule has 3 heteroatoms. The van der Waals surface area contributed by atoms with Gasteiger partial charge in [0, 0.05) is 43.2 Å². The lowest BCUT2D eigenvalue weighted by molar-refractivity contribution is -0.131. The fourth-order valence-electron chi connectivity index (χ4n) is 4.62. The second-order valence-corrected chi connectivity index (χ2v) is 8.37. The van der Waals surface area contributed by atoms with Crippen molar-refractivity contribution in [2.45, 2.75) is 39.2 Å². The number of aromatic nitrogens is 1. The molecule has 0 aliphatic carbocycles. The minimum atomic E-state index is 0.132. The SMILES string of the molecule is CCN(CC)C(=O)CC(Cc1ccccc1)c1cn(Cc2ccccc2)c2ccccc12.